The Hall–Kier alpha value is -1.83. The third-order valence-electron chi connectivity index (χ3n) is 3.05. The van der Waals surface area contributed by atoms with Gasteiger partial charge in [-0.3, -0.25) is 0 Å². The van der Waals surface area contributed by atoms with Gasteiger partial charge in [-0.25, -0.2) is 4.68 Å². The van der Waals surface area contributed by atoms with E-state index in [2.05, 4.69) is 30.7 Å². The number of aromatic nitrogens is 5. The highest BCUT2D eigenvalue weighted by atomic mass is 32.2. The Morgan fingerprint density at radius 2 is 2.20 bits per heavy atom. The second-order valence-corrected chi connectivity index (χ2v) is 5.69. The summed E-state index contributed by atoms with van der Waals surface area (Å²) in [6.07, 6.45) is 5.91. The van der Waals surface area contributed by atoms with Crippen molar-refractivity contribution in [1.29, 1.82) is 0 Å². The lowest BCUT2D eigenvalue weighted by atomic mass is 10.2. The monoisotopic (exact) mass is 291 g/mol. The van der Waals surface area contributed by atoms with Gasteiger partial charge in [0.2, 0.25) is 11.9 Å². The Morgan fingerprint density at radius 3 is 2.90 bits per heavy atom. The van der Waals surface area contributed by atoms with Gasteiger partial charge in [0.05, 0.1) is 0 Å². The first-order chi connectivity index (χ1) is 9.85. The van der Waals surface area contributed by atoms with E-state index in [1.165, 1.54) is 12.2 Å². The van der Waals surface area contributed by atoms with Crippen LogP contribution in [0.2, 0.25) is 0 Å². The van der Waals surface area contributed by atoms with E-state index in [0.717, 1.165) is 12.2 Å². The zero-order valence-electron chi connectivity index (χ0n) is 11.3. The molecule has 8 heteroatoms. The SMILES string of the molecule is CNc1nc(NC2CCCSC2)nc(-n2cccn2)n1. The summed E-state index contributed by atoms with van der Waals surface area (Å²) in [7, 11) is 1.79. The largest absolute Gasteiger partial charge is 0.357 e. The fraction of sp³-hybridized carbons (Fsp3) is 0.500. The molecule has 1 atom stereocenters. The van der Waals surface area contributed by atoms with Crippen LogP contribution in [0.5, 0.6) is 0 Å². The van der Waals surface area contributed by atoms with Crippen molar-refractivity contribution < 1.29 is 0 Å². The third kappa shape index (κ3) is 3.01. The van der Waals surface area contributed by atoms with E-state index < -0.39 is 0 Å². The molecule has 2 aromatic heterocycles. The summed E-state index contributed by atoms with van der Waals surface area (Å²) in [6.45, 7) is 0. The second-order valence-electron chi connectivity index (χ2n) is 4.54. The first-order valence-corrected chi connectivity index (χ1v) is 7.79. The fourth-order valence-electron chi connectivity index (χ4n) is 2.07. The minimum atomic E-state index is 0.423. The summed E-state index contributed by atoms with van der Waals surface area (Å²) in [5, 5.41) is 10.5. The number of hydrogen-bond acceptors (Lipinski definition) is 7. The molecule has 0 amide bonds. The lowest BCUT2D eigenvalue weighted by Crippen LogP contribution is -2.27. The maximum absolute atomic E-state index is 4.44. The molecule has 106 valence electrons. The van der Waals surface area contributed by atoms with Gasteiger partial charge in [-0.2, -0.15) is 31.8 Å². The lowest BCUT2D eigenvalue weighted by Gasteiger charge is -2.22. The average Bonchev–Trinajstić information content (AvgIpc) is 3.02. The molecule has 2 N–H and O–H groups in total. The van der Waals surface area contributed by atoms with Crippen molar-refractivity contribution in [2.24, 2.45) is 0 Å². The maximum Gasteiger partial charge on any atom is 0.257 e. The summed E-state index contributed by atoms with van der Waals surface area (Å²) in [5.74, 6) is 3.99. The summed E-state index contributed by atoms with van der Waals surface area (Å²) >= 11 is 1.97. The van der Waals surface area contributed by atoms with E-state index >= 15 is 0 Å². The minimum Gasteiger partial charge on any atom is -0.357 e. The van der Waals surface area contributed by atoms with E-state index in [-0.39, 0.29) is 0 Å². The van der Waals surface area contributed by atoms with Gasteiger partial charge in [-0.05, 0) is 24.7 Å². The Labute approximate surface area is 121 Å². The molecule has 1 saturated heterocycles. The van der Waals surface area contributed by atoms with Gasteiger partial charge in [0, 0.05) is 31.2 Å². The summed E-state index contributed by atoms with van der Waals surface area (Å²) in [4.78, 5) is 13.1. The first kappa shape index (κ1) is 13.2. The van der Waals surface area contributed by atoms with Crippen molar-refractivity contribution in [2.75, 3.05) is 29.2 Å². The summed E-state index contributed by atoms with van der Waals surface area (Å²) in [6, 6.07) is 2.26. The number of nitrogens with zero attached hydrogens (tertiary/aromatic N) is 5. The highest BCUT2D eigenvalue weighted by Gasteiger charge is 2.16. The molecule has 3 rings (SSSR count). The van der Waals surface area contributed by atoms with Gasteiger partial charge < -0.3 is 10.6 Å². The third-order valence-corrected chi connectivity index (χ3v) is 4.27. The number of rotatable bonds is 4. The van der Waals surface area contributed by atoms with Gasteiger partial charge in [0.15, 0.2) is 0 Å². The smallest absolute Gasteiger partial charge is 0.257 e. The van der Waals surface area contributed by atoms with Gasteiger partial charge in [0.1, 0.15) is 0 Å². The molecule has 0 bridgehead atoms. The predicted octanol–water partition coefficient (Wildman–Crippen LogP) is 1.41. The van der Waals surface area contributed by atoms with Crippen molar-refractivity contribution >= 4 is 23.7 Å². The van der Waals surface area contributed by atoms with Crippen LogP contribution >= 0.6 is 11.8 Å². The molecule has 0 saturated carbocycles. The fourth-order valence-corrected chi connectivity index (χ4v) is 3.14. The molecule has 7 nitrogen and oxygen atoms in total. The molecule has 20 heavy (non-hydrogen) atoms. The molecule has 2 aromatic rings. The lowest BCUT2D eigenvalue weighted by molar-refractivity contribution is 0.676. The topological polar surface area (TPSA) is 80.5 Å². The normalized spacial score (nSPS) is 18.8. The predicted molar refractivity (Wildman–Crippen MR) is 80.5 cm³/mol. The summed E-state index contributed by atoms with van der Waals surface area (Å²) in [5.41, 5.74) is 0. The van der Waals surface area contributed by atoms with E-state index in [9.17, 15) is 0 Å². The highest BCUT2D eigenvalue weighted by molar-refractivity contribution is 7.99. The Balaban J connectivity index is 1.84. The van der Waals surface area contributed by atoms with Gasteiger partial charge in [-0.1, -0.05) is 0 Å². The molecular weight excluding hydrogens is 274 g/mol. The summed E-state index contributed by atoms with van der Waals surface area (Å²) < 4.78 is 1.63. The highest BCUT2D eigenvalue weighted by Crippen LogP contribution is 2.20. The van der Waals surface area contributed by atoms with Crippen LogP contribution in [-0.4, -0.2) is 49.3 Å². The van der Waals surface area contributed by atoms with Crippen LogP contribution < -0.4 is 10.6 Å². The quantitative estimate of drug-likeness (QED) is 0.881. The van der Waals surface area contributed by atoms with E-state index in [1.54, 1.807) is 17.9 Å². The number of thioether (sulfide) groups is 1. The van der Waals surface area contributed by atoms with Crippen molar-refractivity contribution in [2.45, 2.75) is 18.9 Å². The van der Waals surface area contributed by atoms with Gasteiger partial charge in [-0.15, -0.1) is 0 Å². The van der Waals surface area contributed by atoms with Gasteiger partial charge >= 0.3 is 0 Å². The van der Waals surface area contributed by atoms with Gasteiger partial charge in [0.25, 0.3) is 5.95 Å². The molecule has 3 heterocycles. The van der Waals surface area contributed by atoms with Crippen molar-refractivity contribution in [3.8, 4) is 5.95 Å². The molecule has 1 fully saturated rings. The number of anilines is 2. The Morgan fingerprint density at radius 1 is 1.30 bits per heavy atom. The number of nitrogens with one attached hydrogen (secondary N) is 2. The standard InChI is InChI=1S/C12H17N7S/c1-13-10-16-11(15-9-4-2-7-20-8-9)18-12(17-10)19-6-3-5-14-19/h3,5-6,9H,2,4,7-8H2,1H3,(H2,13,15,16,17,18). The molecular formula is C12H17N7S. The second kappa shape index (κ2) is 6.08. The number of hydrogen-bond donors (Lipinski definition) is 2. The zero-order valence-corrected chi connectivity index (χ0v) is 12.1. The molecule has 1 aliphatic heterocycles. The van der Waals surface area contributed by atoms with Crippen LogP contribution in [0, 0.1) is 0 Å². The zero-order chi connectivity index (χ0) is 13.8. The molecule has 0 aromatic carbocycles. The van der Waals surface area contributed by atoms with E-state index in [4.69, 9.17) is 0 Å². The van der Waals surface area contributed by atoms with E-state index in [0.29, 0.717) is 23.9 Å². The van der Waals surface area contributed by atoms with Crippen LogP contribution in [0.15, 0.2) is 18.5 Å². The van der Waals surface area contributed by atoms with Crippen LogP contribution in [0.25, 0.3) is 5.95 Å². The van der Waals surface area contributed by atoms with Crippen LogP contribution in [-0.2, 0) is 0 Å². The van der Waals surface area contributed by atoms with Crippen molar-refractivity contribution in [1.82, 2.24) is 24.7 Å². The minimum absolute atomic E-state index is 0.423. The molecule has 0 radical (unpaired) electrons. The Kier molecular flexibility index (Phi) is 4.00. The average molecular weight is 291 g/mol. The Bertz CT molecular complexity index is 551. The van der Waals surface area contributed by atoms with Crippen molar-refractivity contribution in [3.05, 3.63) is 18.5 Å². The first-order valence-electron chi connectivity index (χ1n) is 6.63. The maximum atomic E-state index is 4.44. The van der Waals surface area contributed by atoms with E-state index in [1.807, 2.05) is 24.0 Å². The molecule has 1 unspecified atom stereocenters. The van der Waals surface area contributed by atoms with Crippen LogP contribution in [0.1, 0.15) is 12.8 Å². The molecule has 1 aliphatic rings. The molecule has 0 aliphatic carbocycles. The van der Waals surface area contributed by atoms with Crippen LogP contribution in [0.3, 0.4) is 0 Å². The van der Waals surface area contributed by atoms with Crippen LogP contribution in [0.4, 0.5) is 11.9 Å². The molecule has 0 spiro atoms. The van der Waals surface area contributed by atoms with Crippen molar-refractivity contribution in [3.63, 3.8) is 0 Å².